The summed E-state index contributed by atoms with van der Waals surface area (Å²) in [5.41, 5.74) is 1.46. The van der Waals surface area contributed by atoms with Crippen molar-refractivity contribution >= 4 is 11.7 Å². The van der Waals surface area contributed by atoms with Gasteiger partial charge in [-0.25, -0.2) is 9.37 Å². The molecule has 144 valence electrons. The molecule has 0 saturated heterocycles. The van der Waals surface area contributed by atoms with Crippen LogP contribution in [-0.4, -0.2) is 43.0 Å². The third-order valence-electron chi connectivity index (χ3n) is 4.78. The normalized spacial score (nSPS) is 18.8. The quantitative estimate of drug-likeness (QED) is 0.704. The van der Waals surface area contributed by atoms with E-state index in [4.69, 9.17) is 0 Å². The lowest BCUT2D eigenvalue weighted by Crippen LogP contribution is -2.43. The van der Waals surface area contributed by atoms with Gasteiger partial charge in [0, 0.05) is 12.1 Å². The maximum Gasteiger partial charge on any atom is 0.253 e. The van der Waals surface area contributed by atoms with Crippen LogP contribution in [0.3, 0.4) is 0 Å². The number of amides is 1. The monoisotopic (exact) mass is 381 g/mol. The molecule has 1 amide bonds. The minimum Gasteiger partial charge on any atom is -0.364 e. The van der Waals surface area contributed by atoms with E-state index in [0.29, 0.717) is 11.5 Å². The number of anilines is 1. The van der Waals surface area contributed by atoms with Crippen LogP contribution in [0, 0.1) is 12.7 Å². The molecule has 1 aliphatic carbocycles. The van der Waals surface area contributed by atoms with Gasteiger partial charge in [0.25, 0.3) is 5.91 Å². The Balaban J connectivity index is 1.51. The Morgan fingerprint density at radius 3 is 2.68 bits per heavy atom. The van der Waals surface area contributed by atoms with Crippen LogP contribution in [0.15, 0.2) is 43.0 Å². The lowest BCUT2D eigenvalue weighted by atomic mass is 10.1. The van der Waals surface area contributed by atoms with E-state index in [1.165, 1.54) is 35.4 Å². The van der Waals surface area contributed by atoms with Crippen LogP contribution in [0.5, 0.6) is 0 Å². The van der Waals surface area contributed by atoms with E-state index in [1.54, 1.807) is 12.4 Å². The molecule has 1 saturated carbocycles. The minimum absolute atomic E-state index is 0.0285. The number of aryl methyl sites for hydroxylation is 1. The van der Waals surface area contributed by atoms with Crippen molar-refractivity contribution in [2.45, 2.75) is 38.3 Å². The van der Waals surface area contributed by atoms with Crippen LogP contribution in [0.2, 0.25) is 0 Å². The van der Waals surface area contributed by atoms with Gasteiger partial charge < -0.3 is 10.6 Å². The Bertz CT molecular complexity index is 959. The molecule has 28 heavy (non-hydrogen) atoms. The highest BCUT2D eigenvalue weighted by atomic mass is 19.1. The van der Waals surface area contributed by atoms with Crippen LogP contribution in [0.4, 0.5) is 10.2 Å². The average Bonchev–Trinajstić information content (AvgIpc) is 3.36. The largest absolute Gasteiger partial charge is 0.364 e. The van der Waals surface area contributed by atoms with E-state index in [2.05, 4.69) is 30.8 Å². The fraction of sp³-hybridized carbons (Fsp3) is 0.316. The highest BCUT2D eigenvalue weighted by Gasteiger charge is 2.30. The Kier molecular flexibility index (Phi) is 4.96. The van der Waals surface area contributed by atoms with Crippen molar-refractivity contribution in [1.29, 1.82) is 0 Å². The number of carbonyl (C=O) groups is 1. The molecule has 2 N–H and O–H groups in total. The highest BCUT2D eigenvalue weighted by Crippen LogP contribution is 2.23. The van der Waals surface area contributed by atoms with Gasteiger partial charge in [0.2, 0.25) is 0 Å². The molecule has 1 aliphatic rings. The Morgan fingerprint density at radius 2 is 1.93 bits per heavy atom. The van der Waals surface area contributed by atoms with E-state index in [1.807, 2.05) is 6.92 Å². The van der Waals surface area contributed by atoms with E-state index in [9.17, 15) is 9.18 Å². The van der Waals surface area contributed by atoms with E-state index in [-0.39, 0.29) is 23.6 Å². The molecule has 0 bridgehead atoms. The van der Waals surface area contributed by atoms with Gasteiger partial charge in [-0.2, -0.15) is 15.0 Å². The van der Waals surface area contributed by atoms with Gasteiger partial charge in [0.1, 0.15) is 11.6 Å². The fourth-order valence-corrected chi connectivity index (χ4v) is 3.41. The van der Waals surface area contributed by atoms with Crippen LogP contribution < -0.4 is 10.6 Å². The smallest absolute Gasteiger partial charge is 0.253 e. The zero-order valence-electron chi connectivity index (χ0n) is 15.3. The second-order valence-corrected chi connectivity index (χ2v) is 6.78. The summed E-state index contributed by atoms with van der Waals surface area (Å²) in [5, 5.41) is 14.4. The van der Waals surface area contributed by atoms with Crippen molar-refractivity contribution in [2.24, 2.45) is 0 Å². The highest BCUT2D eigenvalue weighted by molar-refractivity contribution is 5.98. The Labute approximate surface area is 161 Å². The number of carbonyl (C=O) groups excluding carboxylic acids is 1. The molecule has 0 spiro atoms. The number of rotatable bonds is 5. The van der Waals surface area contributed by atoms with Gasteiger partial charge in [-0.15, -0.1) is 0 Å². The molecule has 0 aliphatic heterocycles. The fourth-order valence-electron chi connectivity index (χ4n) is 3.41. The first kappa shape index (κ1) is 18.0. The van der Waals surface area contributed by atoms with E-state index in [0.717, 1.165) is 25.0 Å². The van der Waals surface area contributed by atoms with Gasteiger partial charge in [-0.05, 0) is 44.4 Å². The molecule has 1 aromatic carbocycles. The first-order valence-corrected chi connectivity index (χ1v) is 9.12. The molecule has 4 rings (SSSR count). The van der Waals surface area contributed by atoms with Gasteiger partial charge in [0.05, 0.1) is 41.7 Å². The summed E-state index contributed by atoms with van der Waals surface area (Å²) in [6.45, 7) is 1.88. The lowest BCUT2D eigenvalue weighted by molar-refractivity contribution is 0.0935. The van der Waals surface area contributed by atoms with Crippen molar-refractivity contribution in [3.63, 3.8) is 0 Å². The molecule has 1 fully saturated rings. The van der Waals surface area contributed by atoms with Crippen molar-refractivity contribution in [1.82, 2.24) is 30.3 Å². The zero-order chi connectivity index (χ0) is 19.5. The summed E-state index contributed by atoms with van der Waals surface area (Å²) in [4.78, 5) is 22.8. The number of hydrogen-bond donors (Lipinski definition) is 2. The third kappa shape index (κ3) is 3.83. The van der Waals surface area contributed by atoms with Gasteiger partial charge >= 0.3 is 0 Å². The van der Waals surface area contributed by atoms with Gasteiger partial charge in [-0.1, -0.05) is 0 Å². The number of nitrogens with one attached hydrogen (secondary N) is 2. The van der Waals surface area contributed by atoms with Crippen LogP contribution in [0.1, 0.15) is 35.3 Å². The molecule has 0 unspecified atom stereocenters. The number of hydrogen-bond acceptors (Lipinski definition) is 6. The maximum atomic E-state index is 13.8. The standard InChI is InChI=1S/C19H20FN7O/c1-12-10-22-18(11-21-12)25-15-3-2-4-16(15)26-19(28)14-9-13(20)5-6-17(14)27-23-7-8-24-27/h5-11,15-16H,2-4H2,1H3,(H,22,25)(H,26,28)/t15-,16-/m0/s1. The Hall–Kier alpha value is -3.36. The second kappa shape index (κ2) is 7.71. The van der Waals surface area contributed by atoms with Crippen LogP contribution in [0.25, 0.3) is 5.69 Å². The summed E-state index contributed by atoms with van der Waals surface area (Å²) in [5.74, 6) is -0.179. The molecule has 2 heterocycles. The number of halogens is 1. The van der Waals surface area contributed by atoms with E-state index >= 15 is 0 Å². The molecule has 3 aromatic rings. The van der Waals surface area contributed by atoms with Crippen LogP contribution in [-0.2, 0) is 0 Å². The van der Waals surface area contributed by atoms with Gasteiger partial charge in [-0.3, -0.25) is 9.78 Å². The molecule has 2 atom stereocenters. The third-order valence-corrected chi connectivity index (χ3v) is 4.78. The molecule has 8 nitrogen and oxygen atoms in total. The maximum absolute atomic E-state index is 13.8. The van der Waals surface area contributed by atoms with Crippen LogP contribution >= 0.6 is 0 Å². The van der Waals surface area contributed by atoms with Gasteiger partial charge in [0.15, 0.2) is 0 Å². The van der Waals surface area contributed by atoms with E-state index < -0.39 is 5.82 Å². The zero-order valence-corrected chi connectivity index (χ0v) is 15.3. The number of benzene rings is 1. The first-order chi connectivity index (χ1) is 13.6. The molecule has 2 aromatic heterocycles. The minimum atomic E-state index is -0.489. The van der Waals surface area contributed by atoms with Crippen molar-refractivity contribution < 1.29 is 9.18 Å². The number of nitrogens with zero attached hydrogens (tertiary/aromatic N) is 5. The summed E-state index contributed by atoms with van der Waals surface area (Å²) in [7, 11) is 0. The molecular weight excluding hydrogens is 361 g/mol. The summed E-state index contributed by atoms with van der Waals surface area (Å²) in [6.07, 6.45) is 9.08. The predicted molar refractivity (Wildman–Crippen MR) is 101 cm³/mol. The summed E-state index contributed by atoms with van der Waals surface area (Å²) >= 11 is 0. The first-order valence-electron chi connectivity index (χ1n) is 9.12. The summed E-state index contributed by atoms with van der Waals surface area (Å²) in [6, 6.07) is 3.91. The molecular formula is C19H20FN7O. The van der Waals surface area contributed by atoms with Crippen molar-refractivity contribution in [3.05, 3.63) is 60.1 Å². The SMILES string of the molecule is Cc1cnc(N[C@H]2CCC[C@@H]2NC(=O)c2cc(F)ccc2-n2nccn2)cn1. The average molecular weight is 381 g/mol. The predicted octanol–water partition coefficient (Wildman–Crippen LogP) is 2.27. The lowest BCUT2D eigenvalue weighted by Gasteiger charge is -2.23. The molecule has 9 heteroatoms. The van der Waals surface area contributed by atoms with Crippen molar-refractivity contribution in [3.8, 4) is 5.69 Å². The Morgan fingerprint density at radius 1 is 1.14 bits per heavy atom. The topological polar surface area (TPSA) is 97.6 Å². The van der Waals surface area contributed by atoms with Crippen molar-refractivity contribution in [2.75, 3.05) is 5.32 Å². The summed E-state index contributed by atoms with van der Waals surface area (Å²) < 4.78 is 13.8. The molecule has 0 radical (unpaired) electrons. The number of aromatic nitrogens is 5. The second-order valence-electron chi connectivity index (χ2n) is 6.78.